The van der Waals surface area contributed by atoms with E-state index in [-0.39, 0.29) is 11.9 Å². The van der Waals surface area contributed by atoms with Gasteiger partial charge in [-0.15, -0.1) is 0 Å². The number of rotatable bonds is 4. The predicted octanol–water partition coefficient (Wildman–Crippen LogP) is 2.42. The van der Waals surface area contributed by atoms with Crippen LogP contribution in [-0.4, -0.2) is 28.4 Å². The number of methoxy groups -OCH3 is 4. The standard InChI is InChI=1S/C10H12O3.C4H5NO/c1-11-8-5-6-4-7(9(6)12-2)10(8)13-3;1-4(3-5)6-2/h4-5,9H,1-3H3;1H2,2H3. The molecule has 1 atom stereocenters. The highest BCUT2D eigenvalue weighted by Crippen LogP contribution is 2.48. The van der Waals surface area contributed by atoms with E-state index in [2.05, 4.69) is 17.4 Å². The molecule has 0 radical (unpaired) electrons. The Labute approximate surface area is 113 Å². The average Bonchev–Trinajstić information content (AvgIpc) is 2.46. The number of nitrogens with zero attached hydrogens (tertiary/aromatic N) is 1. The van der Waals surface area contributed by atoms with Gasteiger partial charge in [0.15, 0.2) is 17.3 Å². The highest BCUT2D eigenvalue weighted by molar-refractivity contribution is 5.59. The number of benzene rings is 1. The molecule has 19 heavy (non-hydrogen) atoms. The first-order chi connectivity index (χ1) is 9.12. The number of hydrogen-bond acceptors (Lipinski definition) is 5. The summed E-state index contributed by atoms with van der Waals surface area (Å²) in [5.74, 6) is 1.71. The molecule has 1 aromatic rings. The average molecular weight is 263 g/mol. The third-order valence-electron chi connectivity index (χ3n) is 2.72. The Hall–Kier alpha value is -2.19. The minimum atomic E-state index is 0.0776. The summed E-state index contributed by atoms with van der Waals surface area (Å²) in [6.45, 7) is 3.21. The Morgan fingerprint density at radius 3 is 2.26 bits per heavy atom. The summed E-state index contributed by atoms with van der Waals surface area (Å²) in [5, 5.41) is 7.86. The Balaban J connectivity index is 0.000000258. The molecule has 0 spiro atoms. The lowest BCUT2D eigenvalue weighted by Gasteiger charge is -2.29. The van der Waals surface area contributed by atoms with E-state index in [0.29, 0.717) is 0 Å². The Kier molecular flexibility index (Phi) is 5.22. The molecule has 2 aliphatic rings. The van der Waals surface area contributed by atoms with E-state index in [1.807, 2.05) is 6.07 Å². The number of fused-ring (bicyclic) bond motifs is 2. The van der Waals surface area contributed by atoms with Crippen molar-refractivity contribution in [2.45, 2.75) is 6.10 Å². The summed E-state index contributed by atoms with van der Waals surface area (Å²) >= 11 is 0. The molecule has 1 unspecified atom stereocenters. The van der Waals surface area contributed by atoms with Crippen molar-refractivity contribution in [2.24, 2.45) is 0 Å². The van der Waals surface area contributed by atoms with Crippen LogP contribution >= 0.6 is 0 Å². The van der Waals surface area contributed by atoms with Crippen molar-refractivity contribution in [3.8, 4) is 17.6 Å². The minimum absolute atomic E-state index is 0.0776. The van der Waals surface area contributed by atoms with Crippen molar-refractivity contribution in [2.75, 3.05) is 28.4 Å². The number of ether oxygens (including phenoxy) is 4. The lowest BCUT2D eigenvalue weighted by Crippen LogP contribution is -2.15. The Bertz CT molecular complexity index is 505. The molecule has 5 heteroatoms. The van der Waals surface area contributed by atoms with E-state index in [9.17, 15) is 0 Å². The minimum Gasteiger partial charge on any atom is -0.493 e. The lowest BCUT2D eigenvalue weighted by atomic mass is 9.88. The van der Waals surface area contributed by atoms with E-state index in [1.54, 1.807) is 27.4 Å². The van der Waals surface area contributed by atoms with Gasteiger partial charge in [-0.05, 0) is 24.3 Å². The second-order valence-corrected chi connectivity index (χ2v) is 3.70. The fraction of sp³-hybridized carbons (Fsp3) is 0.357. The Morgan fingerprint density at radius 1 is 1.21 bits per heavy atom. The van der Waals surface area contributed by atoms with E-state index in [4.69, 9.17) is 19.5 Å². The van der Waals surface area contributed by atoms with Gasteiger partial charge in [0.1, 0.15) is 12.2 Å². The number of nitriles is 1. The first kappa shape index (κ1) is 14.9. The lowest BCUT2D eigenvalue weighted by molar-refractivity contribution is 0.121. The molecular weight excluding hydrogens is 246 g/mol. The molecule has 2 bridgehead atoms. The fourth-order valence-electron chi connectivity index (χ4n) is 1.75. The molecule has 0 amide bonds. The number of allylic oxidation sites excluding steroid dienone is 1. The first-order valence-corrected chi connectivity index (χ1v) is 5.54. The first-order valence-electron chi connectivity index (χ1n) is 5.54. The zero-order valence-electron chi connectivity index (χ0n) is 11.5. The van der Waals surface area contributed by atoms with Crippen LogP contribution in [0.2, 0.25) is 0 Å². The van der Waals surface area contributed by atoms with Crippen LogP contribution in [0.15, 0.2) is 24.5 Å². The number of hydrogen-bond donors (Lipinski definition) is 0. The molecule has 102 valence electrons. The maximum Gasteiger partial charge on any atom is 0.189 e. The smallest absolute Gasteiger partial charge is 0.189 e. The largest absolute Gasteiger partial charge is 0.493 e. The summed E-state index contributed by atoms with van der Waals surface area (Å²) < 4.78 is 20.0. The van der Waals surface area contributed by atoms with Gasteiger partial charge in [-0.3, -0.25) is 0 Å². The van der Waals surface area contributed by atoms with E-state index in [1.165, 1.54) is 7.11 Å². The van der Waals surface area contributed by atoms with Crippen LogP contribution in [0.25, 0.3) is 0 Å². The molecule has 0 saturated heterocycles. The topological polar surface area (TPSA) is 60.7 Å². The van der Waals surface area contributed by atoms with Crippen LogP contribution < -0.4 is 9.47 Å². The van der Waals surface area contributed by atoms with Crippen molar-refractivity contribution < 1.29 is 18.9 Å². The monoisotopic (exact) mass is 263 g/mol. The second-order valence-electron chi connectivity index (χ2n) is 3.70. The van der Waals surface area contributed by atoms with E-state index in [0.717, 1.165) is 22.6 Å². The molecule has 0 heterocycles. The molecule has 0 aromatic heterocycles. The van der Waals surface area contributed by atoms with Crippen LogP contribution in [-0.2, 0) is 9.47 Å². The maximum absolute atomic E-state index is 7.86. The van der Waals surface area contributed by atoms with Crippen LogP contribution in [0.4, 0.5) is 0 Å². The van der Waals surface area contributed by atoms with Crippen molar-refractivity contribution in [1.29, 1.82) is 5.26 Å². The van der Waals surface area contributed by atoms with Crippen LogP contribution in [0.1, 0.15) is 17.2 Å². The molecular formula is C14H17NO4. The SMILES string of the molecule is C=C(C#N)OC.COc1cc2cc(c1OC)C2OC. The van der Waals surface area contributed by atoms with Gasteiger partial charge in [-0.25, -0.2) is 0 Å². The van der Waals surface area contributed by atoms with Gasteiger partial charge in [0.05, 0.1) is 21.3 Å². The highest BCUT2D eigenvalue weighted by Gasteiger charge is 2.31. The summed E-state index contributed by atoms with van der Waals surface area (Å²) in [6.07, 6.45) is 0.0776. The van der Waals surface area contributed by atoms with Gasteiger partial charge in [-0.2, -0.15) is 5.26 Å². The summed E-state index contributed by atoms with van der Waals surface area (Å²) in [4.78, 5) is 0. The fourth-order valence-corrected chi connectivity index (χ4v) is 1.75. The van der Waals surface area contributed by atoms with Gasteiger partial charge in [0.2, 0.25) is 0 Å². The second kappa shape index (κ2) is 6.66. The van der Waals surface area contributed by atoms with Crippen molar-refractivity contribution in [3.05, 3.63) is 35.6 Å². The van der Waals surface area contributed by atoms with Gasteiger partial charge < -0.3 is 18.9 Å². The molecule has 0 aliphatic heterocycles. The molecule has 0 fully saturated rings. The van der Waals surface area contributed by atoms with Crippen molar-refractivity contribution >= 4 is 0 Å². The third-order valence-corrected chi connectivity index (χ3v) is 2.72. The normalized spacial score (nSPS) is 14.2. The quantitative estimate of drug-likeness (QED) is 0.616. The van der Waals surface area contributed by atoms with Crippen molar-refractivity contribution in [1.82, 2.24) is 0 Å². The molecule has 3 rings (SSSR count). The molecule has 0 saturated carbocycles. The predicted molar refractivity (Wildman–Crippen MR) is 70.2 cm³/mol. The van der Waals surface area contributed by atoms with E-state index < -0.39 is 0 Å². The Morgan fingerprint density at radius 2 is 1.89 bits per heavy atom. The molecule has 5 nitrogen and oxygen atoms in total. The zero-order valence-corrected chi connectivity index (χ0v) is 11.5. The molecule has 1 aromatic carbocycles. The molecule has 0 N–H and O–H groups in total. The summed E-state index contributed by atoms with van der Waals surface area (Å²) in [6, 6.07) is 5.69. The summed E-state index contributed by atoms with van der Waals surface area (Å²) in [5.41, 5.74) is 2.22. The maximum atomic E-state index is 7.86. The van der Waals surface area contributed by atoms with Gasteiger partial charge in [0.25, 0.3) is 0 Å². The van der Waals surface area contributed by atoms with Crippen LogP contribution in [0.5, 0.6) is 11.5 Å². The van der Waals surface area contributed by atoms with Crippen LogP contribution in [0.3, 0.4) is 0 Å². The summed E-state index contributed by atoms with van der Waals surface area (Å²) in [7, 11) is 6.37. The van der Waals surface area contributed by atoms with Gasteiger partial charge >= 0.3 is 0 Å². The molecule has 2 aliphatic carbocycles. The van der Waals surface area contributed by atoms with E-state index >= 15 is 0 Å². The van der Waals surface area contributed by atoms with Gasteiger partial charge in [-0.1, -0.05) is 0 Å². The highest BCUT2D eigenvalue weighted by atomic mass is 16.5. The van der Waals surface area contributed by atoms with Crippen LogP contribution in [0, 0.1) is 11.3 Å². The zero-order chi connectivity index (χ0) is 14.4. The van der Waals surface area contributed by atoms with Crippen molar-refractivity contribution in [3.63, 3.8) is 0 Å². The van der Waals surface area contributed by atoms with Gasteiger partial charge in [0, 0.05) is 12.7 Å². The third kappa shape index (κ3) is 2.98.